The Kier molecular flexibility index (Phi) is 5.13. The van der Waals surface area contributed by atoms with E-state index in [2.05, 4.69) is 20.6 Å². The summed E-state index contributed by atoms with van der Waals surface area (Å²) in [6.07, 6.45) is 1.08. The molecule has 3 rings (SSSR count). The number of nitrogens with one attached hydrogen (secondary N) is 2. The van der Waals surface area contributed by atoms with Crippen molar-refractivity contribution in [3.05, 3.63) is 75.1 Å². The molecule has 0 amide bonds. The summed E-state index contributed by atoms with van der Waals surface area (Å²) >= 11 is 6.06. The van der Waals surface area contributed by atoms with Crippen molar-refractivity contribution in [2.75, 3.05) is 10.6 Å². The Balaban J connectivity index is 1.99. The molecule has 0 aliphatic heterocycles. The third kappa shape index (κ3) is 4.09. The van der Waals surface area contributed by atoms with E-state index in [0.29, 0.717) is 16.8 Å². The van der Waals surface area contributed by atoms with Crippen LogP contribution in [0.1, 0.15) is 5.56 Å². The first kappa shape index (κ1) is 18.5. The number of hydrogen-bond acceptors (Lipinski definition) is 6. The van der Waals surface area contributed by atoms with Gasteiger partial charge in [0.1, 0.15) is 18.0 Å². The van der Waals surface area contributed by atoms with E-state index in [-0.39, 0.29) is 17.3 Å². The number of anilines is 4. The molecule has 1 heterocycles. The highest BCUT2D eigenvalue weighted by Crippen LogP contribution is 2.34. The second kappa shape index (κ2) is 7.50. The fourth-order valence-electron chi connectivity index (χ4n) is 2.26. The zero-order chi connectivity index (χ0) is 19.6. The normalized spacial score (nSPS) is 10.5. The molecule has 0 fully saturated rings. The molecule has 2 N–H and O–H groups in total. The molecule has 0 saturated carbocycles. The fraction of sp³-hybridized carbons (Fsp3) is 0.0588. The summed E-state index contributed by atoms with van der Waals surface area (Å²) < 4.78 is 26.9. The van der Waals surface area contributed by atoms with E-state index in [0.717, 1.165) is 24.0 Å². The van der Waals surface area contributed by atoms with Gasteiger partial charge in [0.15, 0.2) is 0 Å². The number of aryl methyl sites for hydroxylation is 1. The predicted molar refractivity (Wildman–Crippen MR) is 97.8 cm³/mol. The molecule has 0 spiro atoms. The molecule has 0 atom stereocenters. The number of nitrogens with zero attached hydrogens (tertiary/aromatic N) is 3. The smallest absolute Gasteiger partial charge is 0.334 e. The van der Waals surface area contributed by atoms with Crippen molar-refractivity contribution < 1.29 is 13.7 Å². The van der Waals surface area contributed by atoms with Crippen LogP contribution in [0.2, 0.25) is 5.02 Å². The zero-order valence-electron chi connectivity index (χ0n) is 13.8. The first-order valence-corrected chi connectivity index (χ1v) is 7.97. The van der Waals surface area contributed by atoms with Crippen LogP contribution >= 0.6 is 11.6 Å². The summed E-state index contributed by atoms with van der Waals surface area (Å²) in [5.41, 5.74) is 0.653. The molecular formula is C17H12ClF2N5O2. The summed E-state index contributed by atoms with van der Waals surface area (Å²) in [6.45, 7) is 1.82. The standard InChI is InChI=1S/C17H12ClF2N5O2/c1-9-2-4-11(7-12(9)18)23-16-15(25(26)27)17(22-8-21-16)24-14-5-3-10(19)6-13(14)20/h2-8H,1H3,(H2,21,22,23,24). The highest BCUT2D eigenvalue weighted by molar-refractivity contribution is 6.31. The van der Waals surface area contributed by atoms with E-state index in [9.17, 15) is 18.9 Å². The lowest BCUT2D eigenvalue weighted by Gasteiger charge is -2.11. The van der Waals surface area contributed by atoms with Crippen molar-refractivity contribution in [1.82, 2.24) is 9.97 Å². The van der Waals surface area contributed by atoms with Crippen LogP contribution in [0, 0.1) is 28.7 Å². The number of benzene rings is 2. The van der Waals surface area contributed by atoms with Crippen LogP contribution < -0.4 is 10.6 Å². The Morgan fingerprint density at radius 3 is 2.41 bits per heavy atom. The van der Waals surface area contributed by atoms with E-state index in [1.165, 1.54) is 0 Å². The molecule has 27 heavy (non-hydrogen) atoms. The lowest BCUT2D eigenvalue weighted by atomic mass is 10.2. The lowest BCUT2D eigenvalue weighted by Crippen LogP contribution is -2.06. The highest BCUT2D eigenvalue weighted by atomic mass is 35.5. The molecule has 0 unspecified atom stereocenters. The monoisotopic (exact) mass is 391 g/mol. The van der Waals surface area contributed by atoms with Crippen LogP contribution in [0.3, 0.4) is 0 Å². The van der Waals surface area contributed by atoms with Crippen LogP contribution in [0.5, 0.6) is 0 Å². The number of nitro groups is 1. The predicted octanol–water partition coefficient (Wildman–Crippen LogP) is 5.11. The van der Waals surface area contributed by atoms with Gasteiger partial charge in [-0.25, -0.2) is 18.7 Å². The maximum atomic E-state index is 13.9. The summed E-state index contributed by atoms with van der Waals surface area (Å²) in [7, 11) is 0. The summed E-state index contributed by atoms with van der Waals surface area (Å²) in [4.78, 5) is 18.5. The second-order valence-electron chi connectivity index (χ2n) is 5.51. The number of hydrogen-bond donors (Lipinski definition) is 2. The molecule has 0 radical (unpaired) electrons. The average Bonchev–Trinajstić information content (AvgIpc) is 2.60. The molecule has 10 heteroatoms. The van der Waals surface area contributed by atoms with Gasteiger partial charge in [0.05, 0.1) is 10.6 Å². The van der Waals surface area contributed by atoms with Gasteiger partial charge in [-0.15, -0.1) is 0 Å². The minimum atomic E-state index is -0.914. The van der Waals surface area contributed by atoms with Crippen molar-refractivity contribution in [3.8, 4) is 0 Å². The molecule has 7 nitrogen and oxygen atoms in total. The van der Waals surface area contributed by atoms with Crippen molar-refractivity contribution in [2.45, 2.75) is 6.92 Å². The topological polar surface area (TPSA) is 93.0 Å². The Hall–Kier alpha value is -3.33. The maximum absolute atomic E-state index is 13.9. The molecule has 0 saturated heterocycles. The lowest BCUT2D eigenvalue weighted by molar-refractivity contribution is -0.383. The third-order valence-corrected chi connectivity index (χ3v) is 4.03. The van der Waals surface area contributed by atoms with E-state index in [1.54, 1.807) is 18.2 Å². The largest absolute Gasteiger partial charge is 0.353 e. The minimum Gasteiger partial charge on any atom is -0.334 e. The van der Waals surface area contributed by atoms with E-state index >= 15 is 0 Å². The minimum absolute atomic E-state index is 0.111. The Morgan fingerprint density at radius 1 is 1.07 bits per heavy atom. The van der Waals surface area contributed by atoms with Crippen LogP contribution in [0.4, 0.5) is 37.5 Å². The molecule has 2 aromatic carbocycles. The van der Waals surface area contributed by atoms with Crippen molar-refractivity contribution in [3.63, 3.8) is 0 Å². The third-order valence-electron chi connectivity index (χ3n) is 3.62. The summed E-state index contributed by atoms with van der Waals surface area (Å²) in [6, 6.07) is 7.80. The Morgan fingerprint density at radius 2 is 1.78 bits per heavy atom. The summed E-state index contributed by atoms with van der Waals surface area (Å²) in [5.74, 6) is -2.04. The molecule has 1 aromatic heterocycles. The van der Waals surface area contributed by atoms with E-state index < -0.39 is 22.2 Å². The van der Waals surface area contributed by atoms with E-state index in [4.69, 9.17) is 11.6 Å². The maximum Gasteiger partial charge on any atom is 0.353 e. The van der Waals surface area contributed by atoms with Crippen LogP contribution in [0.25, 0.3) is 0 Å². The fourth-order valence-corrected chi connectivity index (χ4v) is 2.44. The number of halogens is 3. The van der Waals surface area contributed by atoms with Gasteiger partial charge in [-0.1, -0.05) is 17.7 Å². The second-order valence-corrected chi connectivity index (χ2v) is 5.92. The van der Waals surface area contributed by atoms with Crippen molar-refractivity contribution in [2.24, 2.45) is 0 Å². The van der Waals surface area contributed by atoms with Gasteiger partial charge in [-0.05, 0) is 36.8 Å². The van der Waals surface area contributed by atoms with Gasteiger partial charge in [0, 0.05) is 16.8 Å². The van der Waals surface area contributed by atoms with Crippen molar-refractivity contribution in [1.29, 1.82) is 0 Å². The first-order valence-electron chi connectivity index (χ1n) is 7.60. The van der Waals surface area contributed by atoms with Gasteiger partial charge in [0.25, 0.3) is 0 Å². The molecule has 0 aliphatic carbocycles. The van der Waals surface area contributed by atoms with Crippen molar-refractivity contribution >= 4 is 40.3 Å². The Labute approximate surface area is 157 Å². The average molecular weight is 392 g/mol. The van der Waals surface area contributed by atoms with Gasteiger partial charge in [-0.2, -0.15) is 0 Å². The summed E-state index contributed by atoms with van der Waals surface area (Å²) in [5, 5.41) is 17.3. The van der Waals surface area contributed by atoms with Gasteiger partial charge < -0.3 is 10.6 Å². The first-order chi connectivity index (χ1) is 12.8. The number of aromatic nitrogens is 2. The van der Waals surface area contributed by atoms with Gasteiger partial charge >= 0.3 is 5.69 Å². The Bertz CT molecular complexity index is 1030. The molecule has 0 bridgehead atoms. The van der Waals surface area contributed by atoms with Crippen LogP contribution in [-0.4, -0.2) is 14.9 Å². The highest BCUT2D eigenvalue weighted by Gasteiger charge is 2.24. The van der Waals surface area contributed by atoms with Gasteiger partial charge in [-0.3, -0.25) is 10.1 Å². The molecule has 3 aromatic rings. The zero-order valence-corrected chi connectivity index (χ0v) is 14.6. The number of rotatable bonds is 5. The quantitative estimate of drug-likeness (QED) is 0.463. The SMILES string of the molecule is Cc1ccc(Nc2ncnc(Nc3ccc(F)cc3F)c2[N+](=O)[O-])cc1Cl. The molecule has 138 valence electrons. The van der Waals surface area contributed by atoms with Crippen LogP contribution in [0.15, 0.2) is 42.7 Å². The molecule has 0 aliphatic rings. The van der Waals surface area contributed by atoms with E-state index in [1.807, 2.05) is 6.92 Å². The molecular weight excluding hydrogens is 380 g/mol. The van der Waals surface area contributed by atoms with Crippen LogP contribution in [-0.2, 0) is 0 Å². The van der Waals surface area contributed by atoms with Gasteiger partial charge in [0.2, 0.25) is 11.6 Å².